The highest BCUT2D eigenvalue weighted by atomic mass is 16.5. The van der Waals surface area contributed by atoms with Crippen molar-refractivity contribution in [3.63, 3.8) is 0 Å². The van der Waals surface area contributed by atoms with E-state index in [0.29, 0.717) is 26.1 Å². The van der Waals surface area contributed by atoms with Gasteiger partial charge in [0.1, 0.15) is 0 Å². The largest absolute Gasteiger partial charge is 0.381 e. The predicted octanol–water partition coefficient (Wildman–Crippen LogP) is 4.00. The smallest absolute Gasteiger partial charge is 0.254 e. The van der Waals surface area contributed by atoms with Gasteiger partial charge in [-0.05, 0) is 66.2 Å². The van der Waals surface area contributed by atoms with Crippen LogP contribution in [0.2, 0.25) is 0 Å². The van der Waals surface area contributed by atoms with Crippen LogP contribution in [0.25, 0.3) is 0 Å². The molecule has 0 aromatic rings. The Morgan fingerprint density at radius 2 is 1.44 bits per heavy atom. The molecule has 1 aliphatic heterocycles. The van der Waals surface area contributed by atoms with Crippen molar-refractivity contribution >= 4 is 17.7 Å². The highest BCUT2D eigenvalue weighted by Crippen LogP contribution is 2.25. The van der Waals surface area contributed by atoms with Gasteiger partial charge in [-0.3, -0.25) is 19.3 Å². The summed E-state index contributed by atoms with van der Waals surface area (Å²) in [4.78, 5) is 37.6. The molecule has 0 aromatic carbocycles. The van der Waals surface area contributed by atoms with Gasteiger partial charge < -0.3 is 14.8 Å². The normalized spacial score (nSPS) is 15.6. The maximum absolute atomic E-state index is 12.5. The van der Waals surface area contributed by atoms with Crippen molar-refractivity contribution in [2.75, 3.05) is 19.8 Å². The van der Waals surface area contributed by atoms with E-state index in [9.17, 15) is 14.4 Å². The first-order chi connectivity index (χ1) is 14.4. The summed E-state index contributed by atoms with van der Waals surface area (Å²) in [5.74, 6) is -0.765. The monoisotopic (exact) mass is 452 g/mol. The Bertz CT molecular complexity index is 684. The quantitative estimate of drug-likeness (QED) is 0.337. The second kappa shape index (κ2) is 10.9. The van der Waals surface area contributed by atoms with Crippen LogP contribution in [-0.4, -0.2) is 59.1 Å². The summed E-state index contributed by atoms with van der Waals surface area (Å²) in [6, 6.07) is 0. The van der Waals surface area contributed by atoms with Crippen LogP contribution in [0.5, 0.6) is 0 Å². The van der Waals surface area contributed by atoms with Gasteiger partial charge in [0.25, 0.3) is 11.8 Å². The second-order valence-corrected chi connectivity index (χ2v) is 11.8. The topological polar surface area (TPSA) is 84.9 Å². The zero-order chi connectivity index (χ0) is 24.8. The van der Waals surface area contributed by atoms with Crippen LogP contribution in [-0.2, 0) is 23.9 Å². The zero-order valence-electron chi connectivity index (χ0n) is 21.6. The van der Waals surface area contributed by atoms with E-state index in [0.717, 1.165) is 13.0 Å². The Kier molecular flexibility index (Phi) is 9.66. The maximum Gasteiger partial charge on any atom is 0.254 e. The van der Waals surface area contributed by atoms with Crippen LogP contribution >= 0.6 is 0 Å². The lowest BCUT2D eigenvalue weighted by atomic mass is 9.94. The Morgan fingerprint density at radius 1 is 0.875 bits per heavy atom. The molecule has 0 unspecified atom stereocenters. The van der Waals surface area contributed by atoms with Crippen molar-refractivity contribution in [2.24, 2.45) is 5.41 Å². The van der Waals surface area contributed by atoms with Crippen molar-refractivity contribution in [1.29, 1.82) is 0 Å². The Hall–Kier alpha value is -1.73. The van der Waals surface area contributed by atoms with Crippen LogP contribution in [0.1, 0.15) is 88.0 Å². The van der Waals surface area contributed by atoms with E-state index >= 15 is 0 Å². The molecule has 1 heterocycles. The molecule has 1 aliphatic rings. The van der Waals surface area contributed by atoms with Crippen molar-refractivity contribution in [3.8, 4) is 0 Å². The third-order valence-corrected chi connectivity index (χ3v) is 5.46. The number of hydrogen-bond donors (Lipinski definition) is 1. The third kappa shape index (κ3) is 10.3. The molecule has 0 aromatic heterocycles. The molecule has 0 bridgehead atoms. The van der Waals surface area contributed by atoms with E-state index in [-0.39, 0.29) is 35.2 Å². The van der Waals surface area contributed by atoms with Gasteiger partial charge in [-0.15, -0.1) is 0 Å². The van der Waals surface area contributed by atoms with Crippen molar-refractivity contribution in [1.82, 2.24) is 10.2 Å². The number of amides is 3. The Labute approximate surface area is 194 Å². The van der Waals surface area contributed by atoms with Gasteiger partial charge in [0, 0.05) is 42.9 Å². The number of imide groups is 1. The number of ether oxygens (including phenoxy) is 2. The molecule has 184 valence electrons. The fourth-order valence-electron chi connectivity index (χ4n) is 3.38. The highest BCUT2D eigenvalue weighted by Gasteiger charge is 2.37. The van der Waals surface area contributed by atoms with Crippen LogP contribution in [0.15, 0.2) is 12.2 Å². The fourth-order valence-corrected chi connectivity index (χ4v) is 3.38. The molecule has 0 radical (unpaired) electrons. The van der Waals surface area contributed by atoms with Crippen LogP contribution in [0, 0.1) is 5.41 Å². The lowest BCUT2D eigenvalue weighted by Gasteiger charge is -2.34. The van der Waals surface area contributed by atoms with E-state index in [1.807, 2.05) is 13.8 Å². The molecule has 0 aliphatic carbocycles. The number of nitrogens with zero attached hydrogens (tertiary/aromatic N) is 1. The predicted molar refractivity (Wildman–Crippen MR) is 126 cm³/mol. The molecule has 1 N–H and O–H groups in total. The minimum Gasteiger partial charge on any atom is -0.381 e. The minimum atomic E-state index is -0.721. The average molecular weight is 453 g/mol. The first-order valence-corrected chi connectivity index (χ1v) is 11.5. The molecule has 1 rings (SSSR count). The summed E-state index contributed by atoms with van der Waals surface area (Å²) in [5.41, 5.74) is -1.30. The SMILES string of the molecule is CC(C)(C)COCCC(C)(C)OCCC(C)(C)NC(=O)CCC(C)(C)N1C(=O)C=CC1=O. The van der Waals surface area contributed by atoms with E-state index < -0.39 is 11.1 Å². The fraction of sp³-hybridized carbons (Fsp3) is 0.800. The van der Waals surface area contributed by atoms with Crippen LogP contribution in [0.4, 0.5) is 0 Å². The van der Waals surface area contributed by atoms with Gasteiger partial charge in [-0.25, -0.2) is 0 Å². The summed E-state index contributed by atoms with van der Waals surface area (Å²) in [6.45, 7) is 20.0. The molecule has 7 nitrogen and oxygen atoms in total. The summed E-state index contributed by atoms with van der Waals surface area (Å²) < 4.78 is 11.8. The van der Waals surface area contributed by atoms with Crippen molar-refractivity contribution in [3.05, 3.63) is 12.2 Å². The van der Waals surface area contributed by atoms with E-state index in [4.69, 9.17) is 9.47 Å². The number of hydrogen-bond acceptors (Lipinski definition) is 5. The minimum absolute atomic E-state index is 0.107. The van der Waals surface area contributed by atoms with Gasteiger partial charge in [-0.1, -0.05) is 20.8 Å². The lowest BCUT2D eigenvalue weighted by Crippen LogP contribution is -2.49. The molecule has 0 spiro atoms. The van der Waals surface area contributed by atoms with Crippen LogP contribution < -0.4 is 5.32 Å². The summed E-state index contributed by atoms with van der Waals surface area (Å²) in [7, 11) is 0. The summed E-state index contributed by atoms with van der Waals surface area (Å²) in [6.07, 6.45) is 4.63. The first-order valence-electron chi connectivity index (χ1n) is 11.5. The first kappa shape index (κ1) is 28.3. The Balaban J connectivity index is 2.38. The van der Waals surface area contributed by atoms with Gasteiger partial charge in [-0.2, -0.15) is 0 Å². The number of rotatable bonds is 13. The molecule has 32 heavy (non-hydrogen) atoms. The molecule has 0 saturated heterocycles. The lowest BCUT2D eigenvalue weighted by molar-refractivity contribution is -0.143. The van der Waals surface area contributed by atoms with E-state index in [1.54, 1.807) is 13.8 Å². The third-order valence-electron chi connectivity index (χ3n) is 5.46. The molecule has 0 atom stereocenters. The molecule has 0 saturated carbocycles. The highest BCUT2D eigenvalue weighted by molar-refractivity contribution is 6.13. The average Bonchev–Trinajstić information content (AvgIpc) is 2.95. The van der Waals surface area contributed by atoms with E-state index in [1.165, 1.54) is 17.1 Å². The number of carbonyl (C=O) groups is 3. The van der Waals surface area contributed by atoms with Gasteiger partial charge in [0.2, 0.25) is 5.91 Å². The number of carbonyl (C=O) groups excluding carboxylic acids is 3. The number of nitrogens with one attached hydrogen (secondary N) is 1. The molecule has 7 heteroatoms. The maximum atomic E-state index is 12.5. The molecule has 0 fully saturated rings. The zero-order valence-corrected chi connectivity index (χ0v) is 21.6. The van der Waals surface area contributed by atoms with Gasteiger partial charge in [0.15, 0.2) is 0 Å². The molecular formula is C25H44N2O5. The van der Waals surface area contributed by atoms with E-state index in [2.05, 4.69) is 39.9 Å². The summed E-state index contributed by atoms with van der Waals surface area (Å²) >= 11 is 0. The van der Waals surface area contributed by atoms with Gasteiger partial charge in [0.05, 0.1) is 12.2 Å². The van der Waals surface area contributed by atoms with Crippen molar-refractivity contribution < 1.29 is 23.9 Å². The van der Waals surface area contributed by atoms with Crippen LogP contribution in [0.3, 0.4) is 0 Å². The Morgan fingerprint density at radius 3 is 1.97 bits per heavy atom. The van der Waals surface area contributed by atoms with Gasteiger partial charge >= 0.3 is 0 Å². The summed E-state index contributed by atoms with van der Waals surface area (Å²) in [5, 5.41) is 3.05. The second-order valence-electron chi connectivity index (χ2n) is 11.8. The molecular weight excluding hydrogens is 408 g/mol. The standard InChI is InChI=1S/C25H44N2O5/c1-22(2,3)18-31-16-15-25(8,9)32-17-14-23(4,5)26-19(28)12-13-24(6,7)27-20(29)10-11-21(27)30/h10-11H,12-18H2,1-9H3,(H,26,28). The molecule has 3 amide bonds. The van der Waals surface area contributed by atoms with Crippen molar-refractivity contribution in [2.45, 2.75) is 105 Å².